The molecule has 2 atom stereocenters. The molecule has 0 radical (unpaired) electrons. The molecule has 0 heterocycles. The van der Waals surface area contributed by atoms with Crippen LogP contribution in [0.4, 0.5) is 0 Å². The number of aliphatic hydroxyl groups excluding tert-OH is 1. The molecule has 0 fully saturated rings. The van der Waals surface area contributed by atoms with Gasteiger partial charge in [-0.25, -0.2) is 4.79 Å². The van der Waals surface area contributed by atoms with Crippen LogP contribution < -0.4 is 10.6 Å². The second-order valence-electron chi connectivity index (χ2n) is 5.36. The van der Waals surface area contributed by atoms with E-state index in [1.54, 1.807) is 20.8 Å². The van der Waals surface area contributed by atoms with Crippen LogP contribution in [-0.2, 0) is 14.4 Å². The molecule has 0 rings (SSSR count). The highest BCUT2D eigenvalue weighted by molar-refractivity contribution is 5.91. The van der Waals surface area contributed by atoms with Gasteiger partial charge in [0.1, 0.15) is 12.1 Å². The van der Waals surface area contributed by atoms with Crippen molar-refractivity contribution in [2.24, 2.45) is 5.41 Å². The number of hydrogen-bond donors (Lipinski definition) is 4. The molecular weight excluding hydrogens is 252 g/mol. The van der Waals surface area contributed by atoms with Crippen LogP contribution in [0.1, 0.15) is 34.1 Å². The van der Waals surface area contributed by atoms with Gasteiger partial charge in [0.05, 0.1) is 0 Å². The average Bonchev–Trinajstić information content (AvgIpc) is 2.26. The molecule has 1 unspecified atom stereocenters. The number of rotatable bonds is 6. The molecule has 2 amide bonds. The number of carbonyl (C=O) groups excluding carboxylic acids is 2. The van der Waals surface area contributed by atoms with E-state index < -0.39 is 29.4 Å². The molecule has 0 bridgehead atoms. The normalized spacial score (nSPS) is 14.4. The fraction of sp³-hybridized carbons (Fsp3) is 0.750. The Morgan fingerprint density at radius 3 is 2.05 bits per heavy atom. The van der Waals surface area contributed by atoms with Crippen LogP contribution in [-0.4, -0.2) is 46.7 Å². The van der Waals surface area contributed by atoms with Crippen LogP contribution in [0, 0.1) is 5.41 Å². The Bertz CT molecular complexity index is 349. The first-order valence-corrected chi connectivity index (χ1v) is 6.04. The highest BCUT2D eigenvalue weighted by Crippen LogP contribution is 2.12. The minimum Gasteiger partial charge on any atom is -0.480 e. The summed E-state index contributed by atoms with van der Waals surface area (Å²) in [5, 5.41) is 22.3. The third-order valence-electron chi connectivity index (χ3n) is 2.45. The molecule has 7 heteroatoms. The second kappa shape index (κ2) is 7.08. The number of carboxylic acid groups (broad SMARTS) is 1. The molecule has 0 aliphatic heterocycles. The largest absolute Gasteiger partial charge is 0.480 e. The molecule has 0 aromatic rings. The Kier molecular flexibility index (Phi) is 6.47. The van der Waals surface area contributed by atoms with Gasteiger partial charge in [-0.3, -0.25) is 9.59 Å². The van der Waals surface area contributed by atoms with Gasteiger partial charge < -0.3 is 20.8 Å². The maximum absolute atomic E-state index is 11.7. The number of nitrogens with one attached hydrogen (secondary N) is 2. The number of amides is 2. The summed E-state index contributed by atoms with van der Waals surface area (Å²) in [6.45, 7) is 6.24. The number of carboxylic acids is 1. The summed E-state index contributed by atoms with van der Waals surface area (Å²) in [6.07, 6.45) is -0.0823. The zero-order valence-electron chi connectivity index (χ0n) is 11.7. The molecular formula is C12H22N2O5. The number of aliphatic hydroxyl groups is 1. The van der Waals surface area contributed by atoms with Gasteiger partial charge in [-0.15, -0.1) is 0 Å². The fourth-order valence-electron chi connectivity index (χ4n) is 1.16. The smallest absolute Gasteiger partial charge is 0.326 e. The molecule has 0 aromatic heterocycles. The Morgan fingerprint density at radius 2 is 1.68 bits per heavy atom. The molecule has 4 N–H and O–H groups in total. The summed E-state index contributed by atoms with van der Waals surface area (Å²) < 4.78 is 0. The summed E-state index contributed by atoms with van der Waals surface area (Å²) in [6, 6.07) is -2.00. The van der Waals surface area contributed by atoms with Crippen LogP contribution >= 0.6 is 0 Å². The van der Waals surface area contributed by atoms with E-state index in [4.69, 9.17) is 10.2 Å². The van der Waals surface area contributed by atoms with Crippen molar-refractivity contribution in [1.29, 1.82) is 0 Å². The predicted octanol–water partition coefficient (Wildman–Crippen LogP) is -0.511. The van der Waals surface area contributed by atoms with E-state index in [1.807, 2.05) is 0 Å². The summed E-state index contributed by atoms with van der Waals surface area (Å²) in [7, 11) is 0. The summed E-state index contributed by atoms with van der Waals surface area (Å²) in [5.74, 6) is -2.13. The quantitative estimate of drug-likeness (QED) is 0.520. The SMILES string of the molecule is CC(NC(=O)C(C)(C)C)C(=O)N[C@@H](CCO)C(=O)O. The zero-order valence-corrected chi connectivity index (χ0v) is 11.7. The van der Waals surface area contributed by atoms with Crippen LogP contribution in [0.3, 0.4) is 0 Å². The molecule has 7 nitrogen and oxygen atoms in total. The minimum atomic E-state index is -1.23. The summed E-state index contributed by atoms with van der Waals surface area (Å²) in [4.78, 5) is 34.2. The van der Waals surface area contributed by atoms with Gasteiger partial charge in [0.15, 0.2) is 0 Å². The third kappa shape index (κ3) is 6.19. The van der Waals surface area contributed by atoms with E-state index in [9.17, 15) is 14.4 Å². The van der Waals surface area contributed by atoms with Crippen molar-refractivity contribution in [3.63, 3.8) is 0 Å². The van der Waals surface area contributed by atoms with Crippen molar-refractivity contribution in [3.8, 4) is 0 Å². The molecule has 0 saturated heterocycles. The van der Waals surface area contributed by atoms with Crippen LogP contribution in [0.2, 0.25) is 0 Å². The maximum Gasteiger partial charge on any atom is 0.326 e. The third-order valence-corrected chi connectivity index (χ3v) is 2.45. The lowest BCUT2D eigenvalue weighted by molar-refractivity contribution is -0.142. The van der Waals surface area contributed by atoms with Crippen LogP contribution in [0.15, 0.2) is 0 Å². The van der Waals surface area contributed by atoms with Crippen molar-refractivity contribution in [2.45, 2.75) is 46.2 Å². The van der Waals surface area contributed by atoms with E-state index in [2.05, 4.69) is 10.6 Å². The van der Waals surface area contributed by atoms with Gasteiger partial charge >= 0.3 is 5.97 Å². The number of carbonyl (C=O) groups is 3. The Labute approximate surface area is 112 Å². The van der Waals surface area contributed by atoms with Gasteiger partial charge in [0.25, 0.3) is 0 Å². The lowest BCUT2D eigenvalue weighted by Gasteiger charge is -2.22. The number of aliphatic carboxylic acids is 1. The topological polar surface area (TPSA) is 116 Å². The maximum atomic E-state index is 11.7. The molecule has 19 heavy (non-hydrogen) atoms. The van der Waals surface area contributed by atoms with Gasteiger partial charge in [0.2, 0.25) is 11.8 Å². The van der Waals surface area contributed by atoms with Crippen LogP contribution in [0.5, 0.6) is 0 Å². The monoisotopic (exact) mass is 274 g/mol. The van der Waals surface area contributed by atoms with Crippen LogP contribution in [0.25, 0.3) is 0 Å². The van der Waals surface area contributed by atoms with Gasteiger partial charge in [0, 0.05) is 18.4 Å². The lowest BCUT2D eigenvalue weighted by atomic mass is 9.95. The zero-order chi connectivity index (χ0) is 15.2. The van der Waals surface area contributed by atoms with Crippen molar-refractivity contribution in [1.82, 2.24) is 10.6 Å². The summed E-state index contributed by atoms with van der Waals surface area (Å²) in [5.41, 5.74) is -0.633. The first-order valence-electron chi connectivity index (χ1n) is 6.04. The first kappa shape index (κ1) is 17.4. The van der Waals surface area contributed by atoms with E-state index in [0.717, 1.165) is 0 Å². The lowest BCUT2D eigenvalue weighted by Crippen LogP contribution is -2.52. The Morgan fingerprint density at radius 1 is 1.16 bits per heavy atom. The van der Waals surface area contributed by atoms with Crippen molar-refractivity contribution >= 4 is 17.8 Å². The standard InChI is InChI=1S/C12H22N2O5/c1-7(13-11(19)12(2,3)4)9(16)14-8(5-6-15)10(17)18/h7-8,15H,5-6H2,1-4H3,(H,13,19)(H,14,16)(H,17,18)/t7?,8-/m0/s1. The summed E-state index contributed by atoms with van der Waals surface area (Å²) >= 11 is 0. The van der Waals surface area contributed by atoms with Crippen molar-refractivity contribution < 1.29 is 24.6 Å². The Hall–Kier alpha value is -1.63. The van der Waals surface area contributed by atoms with E-state index in [0.29, 0.717) is 0 Å². The Balaban J connectivity index is 4.49. The minimum absolute atomic E-state index is 0.0823. The predicted molar refractivity (Wildman–Crippen MR) is 68.3 cm³/mol. The van der Waals surface area contributed by atoms with Gasteiger partial charge in [-0.2, -0.15) is 0 Å². The molecule has 0 aliphatic rings. The second-order valence-corrected chi connectivity index (χ2v) is 5.36. The van der Waals surface area contributed by atoms with Gasteiger partial charge in [-0.1, -0.05) is 20.8 Å². The molecule has 110 valence electrons. The van der Waals surface area contributed by atoms with Gasteiger partial charge in [-0.05, 0) is 6.92 Å². The van der Waals surface area contributed by atoms with E-state index >= 15 is 0 Å². The van der Waals surface area contributed by atoms with Crippen molar-refractivity contribution in [3.05, 3.63) is 0 Å². The highest BCUT2D eigenvalue weighted by atomic mass is 16.4. The fourth-order valence-corrected chi connectivity index (χ4v) is 1.16. The molecule has 0 aliphatic carbocycles. The number of hydrogen-bond acceptors (Lipinski definition) is 4. The molecule has 0 spiro atoms. The highest BCUT2D eigenvalue weighted by Gasteiger charge is 2.27. The average molecular weight is 274 g/mol. The molecule has 0 aromatic carbocycles. The van der Waals surface area contributed by atoms with Crippen molar-refractivity contribution in [2.75, 3.05) is 6.61 Å². The van der Waals surface area contributed by atoms with E-state index in [-0.39, 0.29) is 18.9 Å². The molecule has 0 saturated carbocycles. The van der Waals surface area contributed by atoms with E-state index in [1.165, 1.54) is 6.92 Å². The first-order chi connectivity index (χ1) is 8.59.